The van der Waals surface area contributed by atoms with Crippen LogP contribution >= 0.6 is 58.0 Å². The van der Waals surface area contributed by atoms with E-state index in [0.29, 0.717) is 5.57 Å². The van der Waals surface area contributed by atoms with E-state index in [1.807, 2.05) is 0 Å². The fraction of sp³-hybridized carbons (Fsp3) is 0.250. The van der Waals surface area contributed by atoms with E-state index >= 15 is 0 Å². The smallest absolute Gasteiger partial charge is 0.332 e. The Balaban J connectivity index is 0. The molecule has 1 aromatic carbocycles. The quantitative estimate of drug-likeness (QED) is 0.241. The van der Waals surface area contributed by atoms with Crippen molar-refractivity contribution in [3.8, 4) is 5.75 Å². The van der Waals surface area contributed by atoms with E-state index in [-0.39, 0.29) is 46.6 Å². The van der Waals surface area contributed by atoms with E-state index in [0.717, 1.165) is 10.5 Å². The Morgan fingerprint density at radius 1 is 1.09 bits per heavy atom. The van der Waals surface area contributed by atoms with E-state index < -0.39 is 0 Å². The van der Waals surface area contributed by atoms with Gasteiger partial charge in [-0.1, -0.05) is 71.1 Å². The van der Waals surface area contributed by atoms with Gasteiger partial charge in [0.1, 0.15) is 30.3 Å². The molecule has 11 heteroatoms. The van der Waals surface area contributed by atoms with Gasteiger partial charge in [-0.25, -0.2) is 4.79 Å². The highest BCUT2D eigenvalue weighted by atomic mass is 35.5. The summed E-state index contributed by atoms with van der Waals surface area (Å²) in [5.74, 6) is -0.710. The molecule has 0 aromatic heterocycles. The number of esters is 1. The van der Waals surface area contributed by atoms with E-state index in [4.69, 9.17) is 62.1 Å². The number of hydrogen-bond donors (Lipinski definition) is 1. The normalized spacial score (nSPS) is 9.74. The van der Waals surface area contributed by atoms with Crippen LogP contribution in [0.2, 0.25) is 31.7 Å². The zero-order valence-electron chi connectivity index (χ0n) is 13.0. The fourth-order valence-corrected chi connectivity index (χ4v) is 1.90. The maximum atomic E-state index is 10.2. The van der Waals surface area contributed by atoms with Crippen LogP contribution in [0.25, 0.3) is 0 Å². The van der Waals surface area contributed by atoms with Crippen LogP contribution in [0.15, 0.2) is 12.2 Å². The number of ether oxygens (including phenoxy) is 1. The lowest BCUT2D eigenvalue weighted by Crippen LogP contribution is -1.98. The molecule has 0 aliphatic heterocycles. The van der Waals surface area contributed by atoms with E-state index in [1.165, 1.54) is 7.11 Å². The van der Waals surface area contributed by atoms with Crippen LogP contribution in [0.3, 0.4) is 0 Å². The van der Waals surface area contributed by atoms with Gasteiger partial charge in [0.2, 0.25) is 0 Å². The van der Waals surface area contributed by atoms with Gasteiger partial charge in [0.05, 0.1) is 22.2 Å². The summed E-state index contributed by atoms with van der Waals surface area (Å²) >= 11 is 27.9. The molecule has 0 radical (unpaired) electrons. The van der Waals surface area contributed by atoms with Crippen molar-refractivity contribution in [1.29, 1.82) is 0 Å². The highest BCUT2D eigenvalue weighted by Gasteiger charge is 2.18. The van der Waals surface area contributed by atoms with Crippen LogP contribution in [-0.2, 0) is 13.6 Å². The number of methoxy groups -OCH3 is 1. The summed E-state index contributed by atoms with van der Waals surface area (Å²) in [5.41, 5.74) is 0.433. The number of phenols is 1. The minimum Gasteiger partial charge on any atom is -0.505 e. The number of aromatic hydroxyl groups is 1. The second-order valence-corrected chi connectivity index (χ2v) is 8.54. The third kappa shape index (κ3) is 9.21. The fourth-order valence-electron chi connectivity index (χ4n) is 0.768. The van der Waals surface area contributed by atoms with Gasteiger partial charge in [-0.05, 0) is 6.92 Å². The lowest BCUT2D eigenvalue weighted by atomic mass is 10.3. The molecule has 0 aliphatic carbocycles. The molecule has 0 atom stereocenters. The van der Waals surface area contributed by atoms with Crippen LogP contribution in [0.4, 0.5) is 0 Å². The minimum absolute atomic E-state index is 0.00904. The molecule has 0 unspecified atom stereocenters. The molecule has 132 valence electrons. The van der Waals surface area contributed by atoms with Crippen LogP contribution in [0.5, 0.6) is 5.75 Å². The van der Waals surface area contributed by atoms with Crippen LogP contribution in [-0.4, -0.2) is 38.4 Å². The summed E-state index contributed by atoms with van der Waals surface area (Å²) in [6.45, 7) is 7.09. The number of hydrogen-bond acceptors (Lipinski definition) is 4. The second kappa shape index (κ2) is 13.4. The van der Waals surface area contributed by atoms with Crippen LogP contribution in [0.1, 0.15) is 6.92 Å². The Morgan fingerprint density at radius 2 is 1.39 bits per heavy atom. The molecule has 0 heterocycles. The molecule has 4 nitrogen and oxygen atoms in total. The summed E-state index contributed by atoms with van der Waals surface area (Å²) in [7, 11) is 2.27. The van der Waals surface area contributed by atoms with Gasteiger partial charge in [-0.2, -0.15) is 0 Å². The van der Waals surface area contributed by atoms with Crippen molar-refractivity contribution in [3.63, 3.8) is 0 Å². The van der Waals surface area contributed by atoms with E-state index in [9.17, 15) is 9.90 Å². The summed E-state index contributed by atoms with van der Waals surface area (Å²) in [5, 5.41) is 9.01. The highest BCUT2D eigenvalue weighted by molar-refractivity contribution is 6.55. The van der Waals surface area contributed by atoms with Gasteiger partial charge in [-0.3, -0.25) is 0 Å². The molecule has 1 aromatic rings. The Hall–Kier alpha value is 0.0738. The van der Waals surface area contributed by atoms with Crippen molar-refractivity contribution in [2.24, 2.45) is 0 Å². The average molecular weight is 459 g/mol. The Bertz CT molecular complexity index is 448. The number of rotatable bonds is 2. The zero-order valence-corrected chi connectivity index (χ0v) is 20.2. The molecule has 0 bridgehead atoms. The van der Waals surface area contributed by atoms with Crippen molar-refractivity contribution >= 4 is 84.2 Å². The van der Waals surface area contributed by atoms with Gasteiger partial charge in [0.15, 0.2) is 5.75 Å². The maximum absolute atomic E-state index is 10.2. The van der Waals surface area contributed by atoms with E-state index in [2.05, 4.69) is 17.9 Å². The minimum atomic E-state index is -0.363. The summed E-state index contributed by atoms with van der Waals surface area (Å²) < 4.78 is 9.09. The first-order chi connectivity index (χ1) is 10.6. The number of carbonyl (C=O) groups excluding carboxylic acids is 1. The first-order valence-electron chi connectivity index (χ1n) is 5.99. The number of halogens is 5. The van der Waals surface area contributed by atoms with Crippen molar-refractivity contribution in [2.75, 3.05) is 7.11 Å². The van der Waals surface area contributed by atoms with Crippen LogP contribution in [0, 0.1) is 0 Å². The third-order valence-corrected chi connectivity index (χ3v) is 6.58. The van der Waals surface area contributed by atoms with Gasteiger partial charge in [-0.15, -0.1) is 0 Å². The Morgan fingerprint density at radius 3 is 1.57 bits per heavy atom. The molecule has 0 saturated carbocycles. The molecular weight excluding hydrogens is 442 g/mol. The first kappa shape index (κ1) is 25.3. The predicted octanol–water partition coefficient (Wildman–Crippen LogP) is 3.81. The Kier molecular flexibility index (Phi) is 14.7. The molecular formula is C12H17Cl5O4Si2. The molecule has 23 heavy (non-hydrogen) atoms. The zero-order chi connectivity index (χ0) is 18.7. The summed E-state index contributed by atoms with van der Waals surface area (Å²) in [4.78, 5) is 10.2. The molecule has 0 saturated heterocycles. The van der Waals surface area contributed by atoms with Crippen molar-refractivity contribution < 1.29 is 18.8 Å². The average Bonchev–Trinajstić information content (AvgIpc) is 2.56. The standard InChI is InChI=1S/C6HCl5O.C5H8O2.CH8OSi2/c7-1-2(8)4(10)6(12)5(11)3(1)9;1-4(2)5(6)7-3;1-4-2-3/h12H;1H2,2-3H3;4H2,1,3H3. The molecule has 0 aliphatic rings. The SMILES string of the molecule is C=C(C)C(=O)OC.C[SiH2]O[SiH3].Oc1c(Cl)c(Cl)c(Cl)c(Cl)c1Cl. The number of phenolic OH excluding ortho intramolecular Hbond substituents is 1. The van der Waals surface area contributed by atoms with Gasteiger partial charge < -0.3 is 14.0 Å². The number of benzene rings is 1. The largest absolute Gasteiger partial charge is 0.505 e. The van der Waals surface area contributed by atoms with E-state index in [1.54, 1.807) is 6.92 Å². The monoisotopic (exact) mass is 456 g/mol. The lowest BCUT2D eigenvalue weighted by Gasteiger charge is -2.06. The third-order valence-electron chi connectivity index (χ3n) is 2.01. The first-order valence-corrected chi connectivity index (χ1v) is 10.7. The Labute approximate surface area is 166 Å². The summed E-state index contributed by atoms with van der Waals surface area (Å²) in [6, 6.07) is 0. The molecule has 1 N–H and O–H groups in total. The van der Waals surface area contributed by atoms with Gasteiger partial charge in [0, 0.05) is 5.57 Å². The molecule has 1 rings (SSSR count). The van der Waals surface area contributed by atoms with Crippen molar-refractivity contribution in [2.45, 2.75) is 13.5 Å². The van der Waals surface area contributed by atoms with Gasteiger partial charge >= 0.3 is 5.97 Å². The molecule has 0 amide bonds. The van der Waals surface area contributed by atoms with Gasteiger partial charge in [0.25, 0.3) is 0 Å². The second-order valence-electron chi connectivity index (χ2n) is 3.77. The maximum Gasteiger partial charge on any atom is 0.332 e. The number of carbonyl (C=O) groups is 1. The summed E-state index contributed by atoms with van der Waals surface area (Å²) in [6.07, 6.45) is 0. The predicted molar refractivity (Wildman–Crippen MR) is 105 cm³/mol. The lowest BCUT2D eigenvalue weighted by molar-refractivity contribution is -0.136. The highest BCUT2D eigenvalue weighted by Crippen LogP contribution is 2.47. The molecule has 0 fully saturated rings. The molecule has 0 spiro atoms. The van der Waals surface area contributed by atoms with Crippen molar-refractivity contribution in [3.05, 3.63) is 37.3 Å². The topological polar surface area (TPSA) is 55.8 Å². The van der Waals surface area contributed by atoms with Crippen LogP contribution < -0.4 is 0 Å². The van der Waals surface area contributed by atoms with Crippen molar-refractivity contribution in [1.82, 2.24) is 0 Å².